The number of anilines is 1. The van der Waals surface area contributed by atoms with Crippen molar-refractivity contribution in [1.29, 1.82) is 0 Å². The Bertz CT molecular complexity index is 809. The fourth-order valence-corrected chi connectivity index (χ4v) is 2.84. The van der Waals surface area contributed by atoms with Crippen LogP contribution >= 0.6 is 23.2 Å². The number of halogens is 2. The summed E-state index contributed by atoms with van der Waals surface area (Å²) in [5, 5.41) is 6.62. The largest absolute Gasteiger partial charge is 0.348 e. The van der Waals surface area contributed by atoms with Gasteiger partial charge in [0, 0.05) is 5.69 Å². The van der Waals surface area contributed by atoms with Crippen molar-refractivity contribution in [3.05, 3.63) is 63.6 Å². The van der Waals surface area contributed by atoms with E-state index in [4.69, 9.17) is 23.2 Å². The number of hydrogen-bond donors (Lipinski definition) is 2. The molecule has 1 atom stereocenters. The summed E-state index contributed by atoms with van der Waals surface area (Å²) in [6.07, 6.45) is 0. The lowest BCUT2D eigenvalue weighted by atomic mass is 10.1. The van der Waals surface area contributed by atoms with Gasteiger partial charge in [-0.3, -0.25) is 14.5 Å². The molecule has 0 aromatic heterocycles. The van der Waals surface area contributed by atoms with Gasteiger partial charge in [-0.1, -0.05) is 47.0 Å². The first-order chi connectivity index (χ1) is 12.7. The minimum absolute atomic E-state index is 0.104. The zero-order valence-corrected chi connectivity index (χ0v) is 17.1. The number of hydrogen-bond acceptors (Lipinski definition) is 3. The first-order valence-corrected chi connectivity index (χ1v) is 9.29. The standard InChI is InChI=1S/C20H23Cl2N3O2/c1-13-4-7-16(8-5-13)24-20(27)12-25(3)11-19(26)23-14(2)15-6-9-17(21)18(22)10-15/h4-10,14H,11-12H2,1-3H3,(H,23,26)(H,24,27)/t14-/m1/s1. The third kappa shape index (κ3) is 6.86. The van der Waals surface area contributed by atoms with Crippen molar-refractivity contribution in [3.8, 4) is 0 Å². The predicted molar refractivity (Wildman–Crippen MR) is 110 cm³/mol. The maximum absolute atomic E-state index is 12.2. The molecule has 27 heavy (non-hydrogen) atoms. The number of nitrogens with zero attached hydrogens (tertiary/aromatic N) is 1. The van der Waals surface area contributed by atoms with Gasteiger partial charge in [-0.05, 0) is 50.7 Å². The molecule has 0 radical (unpaired) electrons. The molecule has 2 rings (SSSR count). The van der Waals surface area contributed by atoms with E-state index in [1.54, 1.807) is 24.1 Å². The lowest BCUT2D eigenvalue weighted by Gasteiger charge is -2.19. The van der Waals surface area contributed by atoms with Crippen LogP contribution in [0.15, 0.2) is 42.5 Å². The third-order valence-electron chi connectivity index (χ3n) is 3.98. The Morgan fingerprint density at radius 3 is 2.26 bits per heavy atom. The number of likely N-dealkylation sites (N-methyl/N-ethyl adjacent to an activating group) is 1. The fraction of sp³-hybridized carbons (Fsp3) is 0.300. The second-order valence-electron chi connectivity index (χ2n) is 6.55. The minimum atomic E-state index is -0.220. The summed E-state index contributed by atoms with van der Waals surface area (Å²) in [6.45, 7) is 4.06. The van der Waals surface area contributed by atoms with Crippen LogP contribution in [0.25, 0.3) is 0 Å². The van der Waals surface area contributed by atoms with Crippen LogP contribution in [-0.2, 0) is 9.59 Å². The van der Waals surface area contributed by atoms with E-state index in [1.165, 1.54) is 0 Å². The molecule has 0 aliphatic heterocycles. The normalized spacial score (nSPS) is 11.9. The Morgan fingerprint density at radius 1 is 1.00 bits per heavy atom. The summed E-state index contributed by atoms with van der Waals surface area (Å²) in [5.74, 6) is -0.356. The molecule has 5 nitrogen and oxygen atoms in total. The van der Waals surface area contributed by atoms with Crippen molar-refractivity contribution >= 4 is 40.7 Å². The van der Waals surface area contributed by atoms with E-state index in [0.29, 0.717) is 10.0 Å². The quantitative estimate of drug-likeness (QED) is 0.727. The van der Waals surface area contributed by atoms with Gasteiger partial charge in [-0.15, -0.1) is 0 Å². The SMILES string of the molecule is Cc1ccc(NC(=O)CN(C)CC(=O)N[C@H](C)c2ccc(Cl)c(Cl)c2)cc1. The molecular formula is C20H23Cl2N3O2. The molecule has 0 saturated carbocycles. The summed E-state index contributed by atoms with van der Waals surface area (Å²) >= 11 is 11.9. The van der Waals surface area contributed by atoms with Crippen molar-refractivity contribution in [2.75, 3.05) is 25.5 Å². The predicted octanol–water partition coefficient (Wildman–Crippen LogP) is 4.05. The van der Waals surface area contributed by atoms with E-state index >= 15 is 0 Å². The van der Waals surface area contributed by atoms with Gasteiger partial charge >= 0.3 is 0 Å². The molecule has 0 aliphatic rings. The first kappa shape index (κ1) is 21.2. The van der Waals surface area contributed by atoms with E-state index in [-0.39, 0.29) is 30.9 Å². The second kappa shape index (κ2) is 9.74. The Morgan fingerprint density at radius 2 is 1.63 bits per heavy atom. The highest BCUT2D eigenvalue weighted by Gasteiger charge is 2.14. The number of amides is 2. The van der Waals surface area contributed by atoms with Crippen molar-refractivity contribution in [2.45, 2.75) is 19.9 Å². The molecule has 2 N–H and O–H groups in total. The maximum Gasteiger partial charge on any atom is 0.238 e. The molecule has 2 aromatic rings. The van der Waals surface area contributed by atoms with Crippen LogP contribution in [-0.4, -0.2) is 36.9 Å². The Balaban J connectivity index is 1.81. The van der Waals surface area contributed by atoms with Crippen molar-refractivity contribution in [2.24, 2.45) is 0 Å². The Hall–Kier alpha value is -2.08. The number of benzene rings is 2. The molecule has 0 unspecified atom stereocenters. The molecule has 0 saturated heterocycles. The topological polar surface area (TPSA) is 61.4 Å². The number of aryl methyl sites for hydroxylation is 1. The van der Waals surface area contributed by atoms with Gasteiger partial charge in [0.15, 0.2) is 0 Å². The van der Waals surface area contributed by atoms with Gasteiger partial charge in [0.2, 0.25) is 11.8 Å². The molecule has 0 fully saturated rings. The van der Waals surface area contributed by atoms with E-state index < -0.39 is 0 Å². The molecule has 144 valence electrons. The van der Waals surface area contributed by atoms with Crippen LogP contribution in [0, 0.1) is 6.92 Å². The molecule has 0 bridgehead atoms. The summed E-state index contributed by atoms with van der Waals surface area (Å²) < 4.78 is 0. The van der Waals surface area contributed by atoms with Gasteiger partial charge < -0.3 is 10.6 Å². The molecule has 2 aromatic carbocycles. The lowest BCUT2D eigenvalue weighted by molar-refractivity contribution is -0.123. The number of nitrogens with one attached hydrogen (secondary N) is 2. The third-order valence-corrected chi connectivity index (χ3v) is 4.72. The van der Waals surface area contributed by atoms with Gasteiger partial charge in [0.05, 0.1) is 29.2 Å². The van der Waals surface area contributed by atoms with Gasteiger partial charge in [-0.25, -0.2) is 0 Å². The summed E-state index contributed by atoms with van der Waals surface area (Å²) in [7, 11) is 1.72. The molecule has 7 heteroatoms. The van der Waals surface area contributed by atoms with Crippen LogP contribution in [0.3, 0.4) is 0 Å². The van der Waals surface area contributed by atoms with Crippen LogP contribution in [0.1, 0.15) is 24.1 Å². The fourth-order valence-electron chi connectivity index (χ4n) is 2.54. The van der Waals surface area contributed by atoms with Crippen LogP contribution in [0.2, 0.25) is 10.0 Å². The average Bonchev–Trinajstić information content (AvgIpc) is 2.58. The summed E-state index contributed by atoms with van der Waals surface area (Å²) in [6, 6.07) is 12.6. The van der Waals surface area contributed by atoms with Gasteiger partial charge in [-0.2, -0.15) is 0 Å². The zero-order valence-electron chi connectivity index (χ0n) is 15.6. The van der Waals surface area contributed by atoms with Gasteiger partial charge in [0.1, 0.15) is 0 Å². The Kier molecular flexibility index (Phi) is 7.66. The highest BCUT2D eigenvalue weighted by atomic mass is 35.5. The zero-order chi connectivity index (χ0) is 20.0. The van der Waals surface area contributed by atoms with E-state index in [2.05, 4.69) is 10.6 Å². The van der Waals surface area contributed by atoms with Crippen molar-refractivity contribution in [3.63, 3.8) is 0 Å². The second-order valence-corrected chi connectivity index (χ2v) is 7.36. The van der Waals surface area contributed by atoms with E-state index in [1.807, 2.05) is 44.2 Å². The number of carbonyl (C=O) groups excluding carboxylic acids is 2. The van der Waals surface area contributed by atoms with Gasteiger partial charge in [0.25, 0.3) is 0 Å². The van der Waals surface area contributed by atoms with Crippen LogP contribution in [0.5, 0.6) is 0 Å². The first-order valence-electron chi connectivity index (χ1n) is 8.54. The Labute approximate surface area is 169 Å². The van der Waals surface area contributed by atoms with Crippen LogP contribution in [0.4, 0.5) is 5.69 Å². The van der Waals surface area contributed by atoms with E-state index in [9.17, 15) is 9.59 Å². The van der Waals surface area contributed by atoms with E-state index in [0.717, 1.165) is 16.8 Å². The highest BCUT2D eigenvalue weighted by Crippen LogP contribution is 2.25. The summed E-state index contributed by atoms with van der Waals surface area (Å²) in [5.41, 5.74) is 2.71. The highest BCUT2D eigenvalue weighted by molar-refractivity contribution is 6.42. The van der Waals surface area contributed by atoms with Crippen molar-refractivity contribution in [1.82, 2.24) is 10.2 Å². The summed E-state index contributed by atoms with van der Waals surface area (Å²) in [4.78, 5) is 26.0. The lowest BCUT2D eigenvalue weighted by Crippen LogP contribution is -2.39. The molecule has 0 heterocycles. The van der Waals surface area contributed by atoms with Crippen LogP contribution < -0.4 is 10.6 Å². The smallest absolute Gasteiger partial charge is 0.238 e. The molecule has 2 amide bonds. The molecule has 0 aliphatic carbocycles. The molecule has 0 spiro atoms. The number of rotatable bonds is 7. The maximum atomic E-state index is 12.2. The average molecular weight is 408 g/mol. The monoisotopic (exact) mass is 407 g/mol. The van der Waals surface area contributed by atoms with Crippen molar-refractivity contribution < 1.29 is 9.59 Å². The number of carbonyl (C=O) groups is 2. The minimum Gasteiger partial charge on any atom is -0.348 e. The molecular weight excluding hydrogens is 385 g/mol.